The number of nitrogens with zero attached hydrogens (tertiary/aromatic N) is 1. The molecular formula is C19H25N3O4S. The molecule has 1 unspecified atom stereocenters. The van der Waals surface area contributed by atoms with E-state index in [1.165, 1.54) is 18.3 Å². The third-order valence-corrected chi connectivity index (χ3v) is 5.01. The van der Waals surface area contributed by atoms with Gasteiger partial charge in [0.05, 0.1) is 5.56 Å². The van der Waals surface area contributed by atoms with Crippen LogP contribution in [0.25, 0.3) is 5.00 Å². The second-order valence-electron chi connectivity index (χ2n) is 7.29. The van der Waals surface area contributed by atoms with E-state index in [1.54, 1.807) is 20.8 Å². The van der Waals surface area contributed by atoms with Crippen LogP contribution in [0, 0.1) is 13.8 Å². The summed E-state index contributed by atoms with van der Waals surface area (Å²) in [5, 5.41) is 5.54. The first-order valence-corrected chi connectivity index (χ1v) is 9.38. The number of carbonyl (C=O) groups is 3. The first kappa shape index (κ1) is 20.7. The van der Waals surface area contributed by atoms with Crippen molar-refractivity contribution < 1.29 is 19.1 Å². The molecule has 146 valence electrons. The van der Waals surface area contributed by atoms with Gasteiger partial charge < -0.3 is 14.6 Å². The van der Waals surface area contributed by atoms with Crippen molar-refractivity contribution >= 4 is 29.2 Å². The van der Waals surface area contributed by atoms with Crippen LogP contribution < -0.4 is 10.6 Å². The summed E-state index contributed by atoms with van der Waals surface area (Å²) in [6.45, 7) is 10.6. The minimum atomic E-state index is -1.11. The van der Waals surface area contributed by atoms with E-state index in [-0.39, 0.29) is 0 Å². The van der Waals surface area contributed by atoms with E-state index in [4.69, 9.17) is 4.74 Å². The molecular weight excluding hydrogens is 366 g/mol. The van der Waals surface area contributed by atoms with Gasteiger partial charge in [-0.05, 0) is 59.2 Å². The van der Waals surface area contributed by atoms with Crippen LogP contribution in [0.5, 0.6) is 0 Å². The van der Waals surface area contributed by atoms with Gasteiger partial charge in [0, 0.05) is 22.8 Å². The van der Waals surface area contributed by atoms with Crippen molar-refractivity contribution in [1.82, 2.24) is 15.2 Å². The van der Waals surface area contributed by atoms with Gasteiger partial charge in [-0.15, -0.1) is 11.3 Å². The van der Waals surface area contributed by atoms with Gasteiger partial charge in [-0.25, -0.2) is 9.59 Å². The third-order valence-electron chi connectivity index (χ3n) is 3.79. The largest absolute Gasteiger partial charge is 0.449 e. The molecule has 0 aliphatic carbocycles. The number of rotatable bonds is 4. The summed E-state index contributed by atoms with van der Waals surface area (Å²) in [4.78, 5) is 37.7. The summed E-state index contributed by atoms with van der Waals surface area (Å²) >= 11 is 1.48. The molecule has 0 radical (unpaired) electrons. The van der Waals surface area contributed by atoms with E-state index in [0.717, 1.165) is 15.4 Å². The minimum Gasteiger partial charge on any atom is -0.449 e. The number of esters is 1. The quantitative estimate of drug-likeness (QED) is 0.783. The van der Waals surface area contributed by atoms with Gasteiger partial charge in [0.25, 0.3) is 5.91 Å². The molecule has 0 saturated heterocycles. The summed E-state index contributed by atoms with van der Waals surface area (Å²) in [5.74, 6) is -1.28. The highest BCUT2D eigenvalue weighted by Gasteiger charge is 2.27. The van der Waals surface area contributed by atoms with E-state index in [9.17, 15) is 14.4 Å². The molecule has 0 aromatic carbocycles. The number of carbonyl (C=O) groups excluding carboxylic acids is 3. The van der Waals surface area contributed by atoms with Gasteiger partial charge >= 0.3 is 12.0 Å². The lowest BCUT2D eigenvalue weighted by Crippen LogP contribution is -2.50. The summed E-state index contributed by atoms with van der Waals surface area (Å²) in [5.41, 5.74) is 0.751. The maximum atomic E-state index is 12.7. The molecule has 0 spiro atoms. The number of aryl methyl sites for hydroxylation is 1. The number of thiophene rings is 1. The lowest BCUT2D eigenvalue weighted by molar-refractivity contribution is -0.127. The Hall–Kier alpha value is -2.61. The van der Waals surface area contributed by atoms with E-state index in [1.807, 2.05) is 42.9 Å². The third kappa shape index (κ3) is 5.19. The Kier molecular flexibility index (Phi) is 6.10. The summed E-state index contributed by atoms with van der Waals surface area (Å²) in [7, 11) is 0. The summed E-state index contributed by atoms with van der Waals surface area (Å²) < 4.78 is 7.16. The van der Waals surface area contributed by atoms with Gasteiger partial charge in [-0.2, -0.15) is 0 Å². The van der Waals surface area contributed by atoms with Gasteiger partial charge in [0.1, 0.15) is 5.00 Å². The molecule has 2 heterocycles. The average Bonchev–Trinajstić information content (AvgIpc) is 3.14. The fourth-order valence-corrected chi connectivity index (χ4v) is 3.47. The fourth-order valence-electron chi connectivity index (χ4n) is 2.36. The molecule has 0 saturated carbocycles. The Balaban J connectivity index is 2.11. The van der Waals surface area contributed by atoms with Crippen molar-refractivity contribution in [3.63, 3.8) is 0 Å². The average molecular weight is 391 g/mol. The highest BCUT2D eigenvalue weighted by atomic mass is 32.1. The zero-order valence-electron chi connectivity index (χ0n) is 16.4. The lowest BCUT2D eigenvalue weighted by Gasteiger charge is -2.21. The Labute approximate surface area is 162 Å². The number of imide groups is 1. The monoisotopic (exact) mass is 391 g/mol. The smallest absolute Gasteiger partial charge is 0.342 e. The molecule has 8 heteroatoms. The zero-order valence-corrected chi connectivity index (χ0v) is 17.2. The molecule has 3 amide bonds. The standard InChI is InChI=1S/C19H25N3O4S/c1-11-13(3)27-16(22-9-7-8-10-22)14(11)17(24)26-12(2)15(23)20-18(25)21-19(4,5)6/h7-10,12H,1-6H3,(H2,20,21,23,25). The molecule has 0 fully saturated rings. The molecule has 2 rings (SSSR count). The predicted octanol–water partition coefficient (Wildman–Crippen LogP) is 3.33. The van der Waals surface area contributed by atoms with Crippen molar-refractivity contribution in [2.45, 2.75) is 53.2 Å². The van der Waals surface area contributed by atoms with Gasteiger partial charge in [-0.3, -0.25) is 10.1 Å². The number of hydrogen-bond acceptors (Lipinski definition) is 5. The molecule has 27 heavy (non-hydrogen) atoms. The zero-order chi connectivity index (χ0) is 20.4. The number of ether oxygens (including phenoxy) is 1. The molecule has 2 aromatic heterocycles. The maximum absolute atomic E-state index is 12.7. The Morgan fingerprint density at radius 2 is 1.74 bits per heavy atom. The first-order chi connectivity index (χ1) is 12.5. The predicted molar refractivity (Wildman–Crippen MR) is 104 cm³/mol. The molecule has 0 bridgehead atoms. The van der Waals surface area contributed by atoms with Gasteiger partial charge in [-0.1, -0.05) is 0 Å². The van der Waals surface area contributed by atoms with E-state index >= 15 is 0 Å². The first-order valence-electron chi connectivity index (χ1n) is 8.57. The van der Waals surface area contributed by atoms with Crippen LogP contribution in [0.3, 0.4) is 0 Å². The van der Waals surface area contributed by atoms with Crippen LogP contribution in [0.2, 0.25) is 0 Å². The number of nitrogens with one attached hydrogen (secondary N) is 2. The highest BCUT2D eigenvalue weighted by Crippen LogP contribution is 2.31. The van der Waals surface area contributed by atoms with E-state index < -0.39 is 29.6 Å². The molecule has 2 N–H and O–H groups in total. The van der Waals surface area contributed by atoms with Crippen LogP contribution in [-0.2, 0) is 9.53 Å². The van der Waals surface area contributed by atoms with Gasteiger partial charge in [0.15, 0.2) is 6.10 Å². The normalized spacial score (nSPS) is 12.4. The van der Waals surface area contributed by atoms with Crippen molar-refractivity contribution in [3.8, 4) is 5.00 Å². The Morgan fingerprint density at radius 3 is 2.30 bits per heavy atom. The minimum absolute atomic E-state index is 0.424. The number of aromatic nitrogens is 1. The van der Waals surface area contributed by atoms with Crippen LogP contribution >= 0.6 is 11.3 Å². The van der Waals surface area contributed by atoms with Crippen molar-refractivity contribution in [1.29, 1.82) is 0 Å². The van der Waals surface area contributed by atoms with Crippen molar-refractivity contribution in [2.24, 2.45) is 0 Å². The lowest BCUT2D eigenvalue weighted by atomic mass is 10.1. The molecule has 0 aliphatic heterocycles. The van der Waals surface area contributed by atoms with Crippen LogP contribution in [0.15, 0.2) is 24.5 Å². The molecule has 0 aliphatic rings. The van der Waals surface area contributed by atoms with Crippen LogP contribution in [0.1, 0.15) is 48.5 Å². The van der Waals surface area contributed by atoms with E-state index in [0.29, 0.717) is 5.56 Å². The van der Waals surface area contributed by atoms with E-state index in [2.05, 4.69) is 10.6 Å². The summed E-state index contributed by atoms with van der Waals surface area (Å²) in [6.07, 6.45) is 2.57. The van der Waals surface area contributed by atoms with Crippen LogP contribution in [0.4, 0.5) is 4.79 Å². The van der Waals surface area contributed by atoms with Gasteiger partial charge in [0.2, 0.25) is 0 Å². The number of hydrogen-bond donors (Lipinski definition) is 2. The maximum Gasteiger partial charge on any atom is 0.342 e. The topological polar surface area (TPSA) is 89.4 Å². The number of amides is 3. The Morgan fingerprint density at radius 1 is 1.15 bits per heavy atom. The molecule has 1 atom stereocenters. The summed E-state index contributed by atoms with van der Waals surface area (Å²) in [6, 6.07) is 3.10. The fraction of sp³-hybridized carbons (Fsp3) is 0.421. The second kappa shape index (κ2) is 7.96. The SMILES string of the molecule is Cc1sc(-n2cccc2)c(C(=O)OC(C)C(=O)NC(=O)NC(C)(C)C)c1C. The second-order valence-corrected chi connectivity index (χ2v) is 8.50. The molecule has 7 nitrogen and oxygen atoms in total. The van der Waals surface area contributed by atoms with Crippen molar-refractivity contribution in [3.05, 3.63) is 40.5 Å². The molecule has 2 aromatic rings. The highest BCUT2D eigenvalue weighted by molar-refractivity contribution is 7.15. The van der Waals surface area contributed by atoms with Crippen molar-refractivity contribution in [2.75, 3.05) is 0 Å². The van der Waals surface area contributed by atoms with Crippen LogP contribution in [-0.4, -0.2) is 34.1 Å². The Bertz CT molecular complexity index is 847. The number of urea groups is 1.